The van der Waals surface area contributed by atoms with Gasteiger partial charge in [-0.25, -0.2) is 0 Å². The Kier molecular flexibility index (Phi) is 6.60. The van der Waals surface area contributed by atoms with Crippen LogP contribution in [0.15, 0.2) is 12.1 Å². The summed E-state index contributed by atoms with van der Waals surface area (Å²) in [6.07, 6.45) is 7.80. The van der Waals surface area contributed by atoms with Crippen LogP contribution in [0.25, 0.3) is 0 Å². The molecule has 2 fully saturated rings. The minimum absolute atomic E-state index is 0.258. The van der Waals surface area contributed by atoms with E-state index in [1.165, 1.54) is 44.2 Å². The van der Waals surface area contributed by atoms with Gasteiger partial charge in [-0.05, 0) is 42.9 Å². The molecule has 0 spiro atoms. The van der Waals surface area contributed by atoms with E-state index in [0.717, 1.165) is 50.0 Å². The fourth-order valence-corrected chi connectivity index (χ4v) is 5.00. The molecule has 1 saturated heterocycles. The van der Waals surface area contributed by atoms with Crippen molar-refractivity contribution in [2.75, 3.05) is 46.7 Å². The van der Waals surface area contributed by atoms with Gasteiger partial charge in [0, 0.05) is 45.4 Å². The average Bonchev–Trinajstić information content (AvgIpc) is 3.19. The summed E-state index contributed by atoms with van der Waals surface area (Å²) < 4.78 is 16.6. The minimum atomic E-state index is 0.258. The zero-order chi connectivity index (χ0) is 19.3. The van der Waals surface area contributed by atoms with E-state index in [9.17, 15) is 5.11 Å². The lowest BCUT2D eigenvalue weighted by atomic mass is 9.88. The topological polar surface area (TPSA) is 54.4 Å². The third-order valence-electron chi connectivity index (χ3n) is 6.49. The number of benzene rings is 1. The van der Waals surface area contributed by atoms with Crippen molar-refractivity contribution in [2.45, 2.75) is 51.1 Å². The Bertz CT molecular complexity index is 648. The van der Waals surface area contributed by atoms with Crippen LogP contribution in [0.4, 0.5) is 0 Å². The molecule has 3 aliphatic rings. The van der Waals surface area contributed by atoms with E-state index in [0.29, 0.717) is 11.8 Å². The number of hydrogen-bond donors (Lipinski definition) is 1. The first-order valence-electron chi connectivity index (χ1n) is 10.8. The second-order valence-corrected chi connectivity index (χ2v) is 8.43. The van der Waals surface area contributed by atoms with Crippen LogP contribution in [0.5, 0.6) is 17.2 Å². The fraction of sp³-hybridized carbons (Fsp3) is 0.727. The number of aliphatic hydroxyl groups is 1. The highest BCUT2D eigenvalue weighted by molar-refractivity contribution is 5.55. The van der Waals surface area contributed by atoms with Crippen LogP contribution in [0.1, 0.15) is 44.1 Å². The van der Waals surface area contributed by atoms with Crippen LogP contribution in [0.3, 0.4) is 0 Å². The van der Waals surface area contributed by atoms with Crippen molar-refractivity contribution in [3.8, 4) is 17.2 Å². The Morgan fingerprint density at radius 1 is 1.14 bits per heavy atom. The molecule has 4 rings (SSSR count). The van der Waals surface area contributed by atoms with Crippen LogP contribution in [0.2, 0.25) is 0 Å². The first kappa shape index (κ1) is 19.8. The van der Waals surface area contributed by atoms with Crippen molar-refractivity contribution in [3.63, 3.8) is 0 Å². The molecule has 0 radical (unpaired) electrons. The van der Waals surface area contributed by atoms with E-state index in [1.807, 2.05) is 0 Å². The highest BCUT2D eigenvalue weighted by Gasteiger charge is 2.29. The molecule has 6 heteroatoms. The SMILES string of the molecule is COc1cc(CN2CCN(CC3CCCCC3)[C@H](CCO)C2)cc2c1OCO2. The number of piperazine rings is 1. The molecule has 0 bridgehead atoms. The van der Waals surface area contributed by atoms with Crippen molar-refractivity contribution < 1.29 is 19.3 Å². The van der Waals surface area contributed by atoms with Gasteiger partial charge in [-0.1, -0.05) is 19.3 Å². The number of ether oxygens (including phenoxy) is 3. The Hall–Kier alpha value is -1.50. The number of fused-ring (bicyclic) bond motifs is 1. The van der Waals surface area contributed by atoms with E-state index >= 15 is 0 Å². The van der Waals surface area contributed by atoms with Gasteiger partial charge in [-0.2, -0.15) is 0 Å². The normalized spacial score (nSPS) is 23.9. The molecular formula is C22H34N2O4. The third kappa shape index (κ3) is 4.56. The fourth-order valence-electron chi connectivity index (χ4n) is 5.00. The Morgan fingerprint density at radius 3 is 2.79 bits per heavy atom. The standard InChI is InChI=1S/C22H34N2O4/c1-26-20-11-18(12-21-22(20)28-16-27-21)13-23-8-9-24(19(15-23)7-10-25)14-17-5-3-2-4-6-17/h11-12,17,19,25H,2-10,13-16H2,1H3/t19-/m1/s1. The quantitative estimate of drug-likeness (QED) is 0.773. The monoisotopic (exact) mass is 390 g/mol. The van der Waals surface area contributed by atoms with Crippen LogP contribution in [-0.2, 0) is 6.54 Å². The van der Waals surface area contributed by atoms with Crippen molar-refractivity contribution in [1.82, 2.24) is 9.80 Å². The Labute approximate surface area is 168 Å². The molecule has 6 nitrogen and oxygen atoms in total. The maximum absolute atomic E-state index is 9.60. The minimum Gasteiger partial charge on any atom is -0.493 e. The molecule has 1 N–H and O–H groups in total. The summed E-state index contributed by atoms with van der Waals surface area (Å²) in [5.74, 6) is 3.08. The Balaban J connectivity index is 1.38. The van der Waals surface area contributed by atoms with Crippen LogP contribution >= 0.6 is 0 Å². The third-order valence-corrected chi connectivity index (χ3v) is 6.49. The summed E-state index contributed by atoms with van der Waals surface area (Å²) in [5, 5.41) is 9.60. The largest absolute Gasteiger partial charge is 0.493 e. The predicted molar refractivity (Wildman–Crippen MR) is 108 cm³/mol. The number of hydrogen-bond acceptors (Lipinski definition) is 6. The molecule has 2 heterocycles. The van der Waals surface area contributed by atoms with Crippen LogP contribution < -0.4 is 14.2 Å². The maximum Gasteiger partial charge on any atom is 0.231 e. The van der Waals surface area contributed by atoms with Gasteiger partial charge >= 0.3 is 0 Å². The molecule has 2 aliphatic heterocycles. The molecule has 1 aliphatic carbocycles. The number of nitrogens with zero attached hydrogens (tertiary/aromatic N) is 2. The first-order chi connectivity index (χ1) is 13.8. The van der Waals surface area contributed by atoms with Crippen molar-refractivity contribution >= 4 is 0 Å². The molecule has 1 atom stereocenters. The molecule has 1 aromatic carbocycles. The summed E-state index contributed by atoms with van der Waals surface area (Å²) in [7, 11) is 1.67. The van der Waals surface area contributed by atoms with Crippen molar-refractivity contribution in [2.24, 2.45) is 5.92 Å². The summed E-state index contributed by atoms with van der Waals surface area (Å²) >= 11 is 0. The molecular weight excluding hydrogens is 356 g/mol. The lowest BCUT2D eigenvalue weighted by molar-refractivity contribution is 0.0400. The Morgan fingerprint density at radius 2 is 2.00 bits per heavy atom. The number of aliphatic hydroxyl groups excluding tert-OH is 1. The molecule has 1 saturated carbocycles. The summed E-state index contributed by atoms with van der Waals surface area (Å²) in [6, 6.07) is 4.57. The van der Waals surface area contributed by atoms with E-state index in [4.69, 9.17) is 14.2 Å². The van der Waals surface area contributed by atoms with Crippen LogP contribution in [-0.4, -0.2) is 67.6 Å². The summed E-state index contributed by atoms with van der Waals surface area (Å²) in [6.45, 7) is 5.74. The van der Waals surface area contributed by atoms with Gasteiger partial charge in [0.25, 0.3) is 0 Å². The predicted octanol–water partition coefficient (Wildman–Crippen LogP) is 2.87. The highest BCUT2D eigenvalue weighted by Crippen LogP contribution is 2.42. The average molecular weight is 391 g/mol. The smallest absolute Gasteiger partial charge is 0.231 e. The second-order valence-electron chi connectivity index (χ2n) is 8.43. The molecule has 156 valence electrons. The van der Waals surface area contributed by atoms with Gasteiger partial charge in [0.1, 0.15) is 0 Å². The van der Waals surface area contributed by atoms with Gasteiger partial charge in [0.2, 0.25) is 12.5 Å². The van der Waals surface area contributed by atoms with E-state index < -0.39 is 0 Å². The molecule has 0 unspecified atom stereocenters. The van der Waals surface area contributed by atoms with Gasteiger partial charge < -0.3 is 19.3 Å². The maximum atomic E-state index is 9.60. The molecule has 1 aromatic rings. The van der Waals surface area contributed by atoms with Crippen molar-refractivity contribution in [3.05, 3.63) is 17.7 Å². The molecule has 0 amide bonds. The summed E-state index contributed by atoms with van der Waals surface area (Å²) in [4.78, 5) is 5.14. The molecule has 28 heavy (non-hydrogen) atoms. The number of rotatable bonds is 7. The molecule has 0 aromatic heterocycles. The van der Waals surface area contributed by atoms with Gasteiger partial charge in [0.15, 0.2) is 11.5 Å². The highest BCUT2D eigenvalue weighted by atomic mass is 16.7. The van der Waals surface area contributed by atoms with Crippen LogP contribution in [0, 0.1) is 5.92 Å². The van der Waals surface area contributed by atoms with E-state index in [2.05, 4.69) is 21.9 Å². The van der Waals surface area contributed by atoms with E-state index in [1.54, 1.807) is 7.11 Å². The second kappa shape index (κ2) is 9.33. The lowest BCUT2D eigenvalue weighted by Crippen LogP contribution is -2.54. The van der Waals surface area contributed by atoms with Gasteiger partial charge in [-0.15, -0.1) is 0 Å². The van der Waals surface area contributed by atoms with E-state index in [-0.39, 0.29) is 13.4 Å². The number of methoxy groups -OCH3 is 1. The lowest BCUT2D eigenvalue weighted by Gasteiger charge is -2.43. The van der Waals surface area contributed by atoms with Gasteiger partial charge in [0.05, 0.1) is 7.11 Å². The zero-order valence-corrected chi connectivity index (χ0v) is 17.1. The first-order valence-corrected chi connectivity index (χ1v) is 10.8. The van der Waals surface area contributed by atoms with Gasteiger partial charge in [-0.3, -0.25) is 9.80 Å². The van der Waals surface area contributed by atoms with Crippen molar-refractivity contribution in [1.29, 1.82) is 0 Å². The summed E-state index contributed by atoms with van der Waals surface area (Å²) in [5.41, 5.74) is 1.18. The zero-order valence-electron chi connectivity index (χ0n) is 17.1.